The molecule has 0 saturated carbocycles. The van der Waals surface area contributed by atoms with E-state index in [9.17, 15) is 13.2 Å². The molecule has 0 spiro atoms. The molecule has 0 aliphatic rings. The molecule has 9 heteroatoms. The number of para-hydroxylation sites is 1. The molecular formula is C25H27N3O5S. The minimum absolute atomic E-state index is 0.0733. The number of rotatable bonds is 10. The summed E-state index contributed by atoms with van der Waals surface area (Å²) in [6.45, 7) is 3.46. The van der Waals surface area contributed by atoms with Crippen LogP contribution in [0.5, 0.6) is 17.2 Å². The largest absolute Gasteiger partial charge is 0.491 e. The number of hydrazone groups is 1. The van der Waals surface area contributed by atoms with E-state index in [1.54, 1.807) is 48.5 Å². The molecule has 3 aromatic carbocycles. The number of ether oxygens (including phenoxy) is 2. The smallest absolute Gasteiger partial charge is 0.260 e. The summed E-state index contributed by atoms with van der Waals surface area (Å²) in [5, 5.41) is 3.92. The number of hydrogen-bond donors (Lipinski definition) is 1. The predicted octanol–water partition coefficient (Wildman–Crippen LogP) is 4.18. The Morgan fingerprint density at radius 3 is 2.12 bits per heavy atom. The van der Waals surface area contributed by atoms with Crippen molar-refractivity contribution in [3.8, 4) is 17.2 Å². The molecule has 0 unspecified atom stereocenters. The first-order valence-corrected chi connectivity index (χ1v) is 12.4. The Hall–Kier alpha value is -3.85. The Bertz CT molecular complexity index is 1210. The van der Waals surface area contributed by atoms with Crippen molar-refractivity contribution in [2.75, 3.05) is 17.1 Å². The summed E-state index contributed by atoms with van der Waals surface area (Å²) in [4.78, 5) is 12.4. The van der Waals surface area contributed by atoms with E-state index in [-0.39, 0.29) is 6.10 Å². The number of nitrogens with zero attached hydrogens (tertiary/aromatic N) is 2. The topological polar surface area (TPSA) is 97.3 Å². The zero-order valence-electron chi connectivity index (χ0n) is 19.2. The maximum absolute atomic E-state index is 12.4. The minimum Gasteiger partial charge on any atom is -0.491 e. The first-order chi connectivity index (χ1) is 16.2. The fourth-order valence-electron chi connectivity index (χ4n) is 2.95. The van der Waals surface area contributed by atoms with Gasteiger partial charge in [-0.15, -0.1) is 0 Å². The van der Waals surface area contributed by atoms with E-state index in [1.165, 1.54) is 6.21 Å². The van der Waals surface area contributed by atoms with Crippen molar-refractivity contribution in [2.24, 2.45) is 5.10 Å². The number of carbonyl (C=O) groups excluding carboxylic acids is 1. The molecule has 0 heterocycles. The highest BCUT2D eigenvalue weighted by atomic mass is 32.2. The number of carbonyl (C=O) groups is 1. The van der Waals surface area contributed by atoms with E-state index in [0.717, 1.165) is 21.9 Å². The number of benzene rings is 3. The fraction of sp³-hybridized carbons (Fsp3) is 0.200. The molecule has 3 rings (SSSR count). The third kappa shape index (κ3) is 7.63. The lowest BCUT2D eigenvalue weighted by Crippen LogP contribution is -2.38. The van der Waals surface area contributed by atoms with Gasteiger partial charge >= 0.3 is 0 Å². The van der Waals surface area contributed by atoms with Gasteiger partial charge in [-0.2, -0.15) is 5.10 Å². The van der Waals surface area contributed by atoms with E-state index < -0.39 is 22.5 Å². The molecule has 0 aliphatic heterocycles. The molecular weight excluding hydrogens is 454 g/mol. The van der Waals surface area contributed by atoms with Crippen molar-refractivity contribution in [2.45, 2.75) is 20.0 Å². The number of hydrogen-bond acceptors (Lipinski definition) is 6. The van der Waals surface area contributed by atoms with Crippen LogP contribution in [0.2, 0.25) is 0 Å². The van der Waals surface area contributed by atoms with Crippen molar-refractivity contribution in [1.29, 1.82) is 0 Å². The molecule has 34 heavy (non-hydrogen) atoms. The Kier molecular flexibility index (Phi) is 8.26. The molecule has 0 aliphatic carbocycles. The number of anilines is 1. The van der Waals surface area contributed by atoms with Crippen molar-refractivity contribution >= 4 is 27.8 Å². The highest BCUT2D eigenvalue weighted by Crippen LogP contribution is 2.25. The average Bonchev–Trinajstić information content (AvgIpc) is 2.79. The molecule has 1 N–H and O–H groups in total. The van der Waals surface area contributed by atoms with Crippen LogP contribution in [0.4, 0.5) is 5.69 Å². The van der Waals surface area contributed by atoms with E-state index >= 15 is 0 Å². The lowest BCUT2D eigenvalue weighted by atomic mass is 10.2. The first kappa shape index (κ1) is 24.8. The quantitative estimate of drug-likeness (QED) is 0.346. The number of sulfonamides is 1. The van der Waals surface area contributed by atoms with Gasteiger partial charge in [-0.3, -0.25) is 9.10 Å². The summed E-state index contributed by atoms with van der Waals surface area (Å²) >= 11 is 0. The normalized spacial score (nSPS) is 11.4. The highest BCUT2D eigenvalue weighted by Gasteiger charge is 2.20. The van der Waals surface area contributed by atoms with E-state index in [4.69, 9.17) is 9.47 Å². The van der Waals surface area contributed by atoms with Gasteiger partial charge in [0, 0.05) is 0 Å². The molecule has 1 amide bonds. The van der Waals surface area contributed by atoms with Gasteiger partial charge in [0.25, 0.3) is 5.91 Å². The maximum atomic E-state index is 12.4. The minimum atomic E-state index is -3.71. The predicted molar refractivity (Wildman–Crippen MR) is 133 cm³/mol. The van der Waals surface area contributed by atoms with Crippen LogP contribution >= 0.6 is 0 Å². The van der Waals surface area contributed by atoms with Crippen LogP contribution in [0.1, 0.15) is 19.4 Å². The van der Waals surface area contributed by atoms with Crippen LogP contribution < -0.4 is 19.2 Å². The first-order valence-electron chi connectivity index (χ1n) is 10.6. The van der Waals surface area contributed by atoms with Crippen LogP contribution in [0, 0.1) is 0 Å². The van der Waals surface area contributed by atoms with E-state index in [2.05, 4.69) is 10.5 Å². The van der Waals surface area contributed by atoms with Gasteiger partial charge in [0.15, 0.2) is 0 Å². The summed E-state index contributed by atoms with van der Waals surface area (Å²) in [5.74, 6) is 1.36. The molecule has 0 aromatic heterocycles. The highest BCUT2D eigenvalue weighted by molar-refractivity contribution is 7.92. The molecule has 8 nitrogen and oxygen atoms in total. The lowest BCUT2D eigenvalue weighted by molar-refractivity contribution is -0.119. The zero-order valence-corrected chi connectivity index (χ0v) is 20.0. The third-order valence-corrected chi connectivity index (χ3v) is 5.59. The molecule has 0 bridgehead atoms. The SMILES string of the molecule is CC(C)Oc1ccc(/C=N\NC(=O)CN(c2ccc(Oc3ccccc3)cc2)S(C)(=O)=O)cc1. The van der Waals surface area contributed by atoms with Gasteiger partial charge in [0.1, 0.15) is 23.8 Å². The van der Waals surface area contributed by atoms with Crippen molar-refractivity contribution in [3.05, 3.63) is 84.4 Å². The Morgan fingerprint density at radius 2 is 1.53 bits per heavy atom. The molecule has 178 valence electrons. The molecule has 3 aromatic rings. The second-order valence-corrected chi connectivity index (χ2v) is 9.61. The zero-order chi connectivity index (χ0) is 24.6. The van der Waals surface area contributed by atoms with E-state index in [1.807, 2.05) is 44.2 Å². The number of nitrogens with one attached hydrogen (secondary N) is 1. The molecule has 0 atom stereocenters. The van der Waals surface area contributed by atoms with Gasteiger partial charge in [0.05, 0.1) is 24.3 Å². The standard InChI is InChI=1S/C25H27N3O5S/c1-19(2)32-23-13-9-20(10-14-23)17-26-27-25(29)18-28(34(3,30)31)21-11-15-24(16-12-21)33-22-7-5-4-6-8-22/h4-17,19H,18H2,1-3H3,(H,27,29)/b26-17-. The van der Waals surface area contributed by atoms with Gasteiger partial charge in [-0.25, -0.2) is 13.8 Å². The van der Waals surface area contributed by atoms with E-state index in [0.29, 0.717) is 17.2 Å². The Balaban J connectivity index is 1.61. The third-order valence-electron chi connectivity index (χ3n) is 4.45. The lowest BCUT2D eigenvalue weighted by Gasteiger charge is -2.21. The second kappa shape index (κ2) is 11.3. The summed E-state index contributed by atoms with van der Waals surface area (Å²) in [6, 6.07) is 22.9. The van der Waals surface area contributed by atoms with Crippen LogP contribution in [-0.2, 0) is 14.8 Å². The second-order valence-electron chi connectivity index (χ2n) is 7.71. The summed E-state index contributed by atoms with van der Waals surface area (Å²) in [7, 11) is -3.71. The van der Waals surface area contributed by atoms with Crippen LogP contribution in [0.25, 0.3) is 0 Å². The summed E-state index contributed by atoms with van der Waals surface area (Å²) in [5.41, 5.74) is 3.45. The van der Waals surface area contributed by atoms with Crippen molar-refractivity contribution < 1.29 is 22.7 Å². The van der Waals surface area contributed by atoms with Crippen molar-refractivity contribution in [3.63, 3.8) is 0 Å². The molecule has 0 radical (unpaired) electrons. The summed E-state index contributed by atoms with van der Waals surface area (Å²) in [6.07, 6.45) is 2.58. The van der Waals surface area contributed by atoms with Gasteiger partial charge in [-0.05, 0) is 80.1 Å². The van der Waals surface area contributed by atoms with Gasteiger partial charge in [0.2, 0.25) is 10.0 Å². The van der Waals surface area contributed by atoms with Crippen LogP contribution in [-0.4, -0.2) is 39.4 Å². The molecule has 0 fully saturated rings. The average molecular weight is 482 g/mol. The molecule has 0 saturated heterocycles. The monoisotopic (exact) mass is 481 g/mol. The summed E-state index contributed by atoms with van der Waals surface area (Å²) < 4.78 is 36.9. The Labute approximate surface area is 199 Å². The van der Waals surface area contributed by atoms with Crippen LogP contribution in [0.15, 0.2) is 84.0 Å². The van der Waals surface area contributed by atoms with Gasteiger partial charge < -0.3 is 9.47 Å². The maximum Gasteiger partial charge on any atom is 0.260 e. The van der Waals surface area contributed by atoms with Crippen molar-refractivity contribution in [1.82, 2.24) is 5.43 Å². The fourth-order valence-corrected chi connectivity index (χ4v) is 3.81. The van der Waals surface area contributed by atoms with Gasteiger partial charge in [-0.1, -0.05) is 18.2 Å². The Morgan fingerprint density at radius 1 is 0.941 bits per heavy atom. The van der Waals surface area contributed by atoms with Crippen LogP contribution in [0.3, 0.4) is 0 Å². The number of amides is 1.